The highest BCUT2D eigenvalue weighted by Gasteiger charge is 2.41. The van der Waals surface area contributed by atoms with E-state index in [0.717, 1.165) is 54.1 Å². The van der Waals surface area contributed by atoms with Crippen molar-refractivity contribution in [3.05, 3.63) is 90.8 Å². The highest BCUT2D eigenvalue weighted by atomic mass is 28.4. The summed E-state index contributed by atoms with van der Waals surface area (Å²) < 4.78 is 17.4. The first-order valence-corrected chi connectivity index (χ1v) is 17.2. The topological polar surface area (TPSA) is 68.6 Å². The summed E-state index contributed by atoms with van der Waals surface area (Å²) in [6.45, 7) is 14.6. The van der Waals surface area contributed by atoms with Crippen molar-refractivity contribution in [2.45, 2.75) is 45.0 Å². The van der Waals surface area contributed by atoms with Gasteiger partial charge in [0.15, 0.2) is 19.6 Å². The summed E-state index contributed by atoms with van der Waals surface area (Å²) in [6.07, 6.45) is 9.81. The number of nitrogens with zero attached hydrogens (tertiary/aromatic N) is 7. The molecular weight excluding hydrogens is 530 g/mol. The van der Waals surface area contributed by atoms with Gasteiger partial charge in [0, 0.05) is 30.4 Å². The summed E-state index contributed by atoms with van der Waals surface area (Å²) in [4.78, 5) is 9.15. The zero-order valence-corrected chi connectivity index (χ0v) is 25.9. The van der Waals surface area contributed by atoms with Crippen molar-refractivity contribution in [3.63, 3.8) is 0 Å². The molecule has 4 aromatic heterocycles. The molecule has 1 aliphatic heterocycles. The number of benzene rings is 1. The van der Waals surface area contributed by atoms with Crippen LogP contribution >= 0.6 is 0 Å². The number of anilines is 1. The van der Waals surface area contributed by atoms with Gasteiger partial charge >= 0.3 is 0 Å². The fraction of sp³-hybridized carbons (Fsp3) is 0.387. The zero-order valence-electron chi connectivity index (χ0n) is 24.9. The van der Waals surface area contributed by atoms with Crippen LogP contribution in [0.25, 0.3) is 16.6 Å². The molecule has 0 spiro atoms. The van der Waals surface area contributed by atoms with Crippen LogP contribution in [0.5, 0.6) is 0 Å². The summed E-state index contributed by atoms with van der Waals surface area (Å²) in [5.74, 6) is 0.758. The van der Waals surface area contributed by atoms with Gasteiger partial charge in [0.05, 0.1) is 31.7 Å². The Morgan fingerprint density at radius 2 is 1.71 bits per heavy atom. The van der Waals surface area contributed by atoms with E-state index in [1.807, 2.05) is 36.4 Å². The van der Waals surface area contributed by atoms with Gasteiger partial charge in [-0.15, -0.1) is 4.52 Å². The smallest absolute Gasteiger partial charge is 0.297 e. The first-order valence-electron chi connectivity index (χ1n) is 14.3. The number of piperazine rings is 1. The van der Waals surface area contributed by atoms with Crippen LogP contribution in [-0.4, -0.2) is 54.1 Å². The van der Waals surface area contributed by atoms with Gasteiger partial charge in [0.1, 0.15) is 25.4 Å². The highest BCUT2D eigenvalue weighted by Crippen LogP contribution is 2.42. The third-order valence-corrected chi connectivity index (χ3v) is 12.9. The Labute approximate surface area is 242 Å². The first-order chi connectivity index (χ1) is 19.6. The SMILES string of the molecule is Cn1cc(-c2ccc3ccn(N4CCN(c5ncc(C(O[Si](C)(C)C(C)(C)C)c6ccccc6)o5)CC4)[n+]3c2)cn1. The van der Waals surface area contributed by atoms with Gasteiger partial charge in [-0.3, -0.25) is 4.68 Å². The fourth-order valence-corrected chi connectivity index (χ4v) is 6.22. The van der Waals surface area contributed by atoms with Crippen LogP contribution in [0.3, 0.4) is 0 Å². The van der Waals surface area contributed by atoms with E-state index in [2.05, 4.69) is 113 Å². The van der Waals surface area contributed by atoms with Gasteiger partial charge in [0.2, 0.25) is 0 Å². The second-order valence-electron chi connectivity index (χ2n) is 12.4. The third kappa shape index (κ3) is 5.41. The number of oxazole rings is 1. The minimum absolute atomic E-state index is 0.0820. The number of rotatable bonds is 7. The van der Waals surface area contributed by atoms with Crippen LogP contribution < -0.4 is 14.4 Å². The molecule has 1 saturated heterocycles. The molecule has 0 radical (unpaired) electrons. The van der Waals surface area contributed by atoms with Gasteiger partial charge in [-0.05, 0) is 35.8 Å². The molecular formula is C31H40N7O2Si+. The molecule has 0 amide bonds. The highest BCUT2D eigenvalue weighted by molar-refractivity contribution is 6.74. The van der Waals surface area contributed by atoms with Crippen LogP contribution in [-0.2, 0) is 11.5 Å². The molecule has 1 fully saturated rings. The number of pyridine rings is 1. The minimum atomic E-state index is -2.07. The largest absolute Gasteiger partial charge is 0.425 e. The maximum atomic E-state index is 6.89. The molecule has 5 aromatic rings. The van der Waals surface area contributed by atoms with Gasteiger partial charge in [-0.25, -0.2) is 4.98 Å². The summed E-state index contributed by atoms with van der Waals surface area (Å²) in [6, 6.07) is 17.5. The molecule has 0 aliphatic carbocycles. The predicted molar refractivity (Wildman–Crippen MR) is 163 cm³/mol. The maximum Gasteiger partial charge on any atom is 0.297 e. The molecule has 6 rings (SSSR count). The number of aromatic nitrogens is 5. The van der Waals surface area contributed by atoms with E-state index in [1.165, 1.54) is 0 Å². The Morgan fingerprint density at radius 3 is 2.39 bits per heavy atom. The number of hydrogen-bond acceptors (Lipinski definition) is 6. The van der Waals surface area contributed by atoms with Crippen LogP contribution in [0, 0.1) is 0 Å². The second kappa shape index (κ2) is 10.5. The lowest BCUT2D eigenvalue weighted by Gasteiger charge is -2.38. The van der Waals surface area contributed by atoms with Crippen LogP contribution in [0.1, 0.15) is 38.2 Å². The van der Waals surface area contributed by atoms with Crippen LogP contribution in [0.2, 0.25) is 18.1 Å². The molecule has 10 heteroatoms. The van der Waals surface area contributed by atoms with Crippen molar-refractivity contribution < 1.29 is 13.4 Å². The van der Waals surface area contributed by atoms with Crippen LogP contribution in [0.15, 0.2) is 83.9 Å². The van der Waals surface area contributed by atoms with Crippen molar-refractivity contribution in [1.82, 2.24) is 19.6 Å². The van der Waals surface area contributed by atoms with Gasteiger partial charge in [-0.2, -0.15) is 10.1 Å². The van der Waals surface area contributed by atoms with E-state index in [4.69, 9.17) is 13.8 Å². The van der Waals surface area contributed by atoms with Crippen molar-refractivity contribution >= 4 is 19.8 Å². The van der Waals surface area contributed by atoms with E-state index in [1.54, 1.807) is 0 Å². The average Bonchev–Trinajstić information content (AvgIpc) is 3.71. The summed E-state index contributed by atoms with van der Waals surface area (Å²) in [5.41, 5.74) is 4.47. The van der Waals surface area contributed by atoms with E-state index in [-0.39, 0.29) is 11.1 Å². The van der Waals surface area contributed by atoms with Gasteiger partial charge < -0.3 is 13.7 Å². The molecule has 5 heterocycles. The molecule has 1 unspecified atom stereocenters. The van der Waals surface area contributed by atoms with E-state index in [9.17, 15) is 0 Å². The molecule has 41 heavy (non-hydrogen) atoms. The molecule has 1 aromatic carbocycles. The molecule has 214 valence electrons. The van der Waals surface area contributed by atoms with Crippen molar-refractivity contribution in [1.29, 1.82) is 0 Å². The minimum Gasteiger partial charge on any atom is -0.425 e. The quantitative estimate of drug-likeness (QED) is 0.198. The monoisotopic (exact) mass is 570 g/mol. The molecule has 1 atom stereocenters. The summed E-state index contributed by atoms with van der Waals surface area (Å²) >= 11 is 0. The lowest BCUT2D eigenvalue weighted by Crippen LogP contribution is -2.56. The molecule has 0 N–H and O–H groups in total. The van der Waals surface area contributed by atoms with E-state index < -0.39 is 8.32 Å². The Morgan fingerprint density at radius 1 is 0.951 bits per heavy atom. The lowest BCUT2D eigenvalue weighted by atomic mass is 10.1. The Hall–Kier alpha value is -3.89. The standard InChI is InChI=1S/C31H40N7O2Si/c1-31(2,3)41(5,6)40-29(24-10-8-7-9-11-24)28-21-32-30(39-28)35-16-18-36(19-17-35)38-15-14-27-13-12-25(23-37(27)38)26-20-33-34(4)22-26/h7-15,20-23,29H,16-19H2,1-6H3/q+1. The fourth-order valence-electron chi connectivity index (χ4n) is 5.02. The number of aryl methyl sites for hydroxylation is 1. The van der Waals surface area contributed by atoms with Crippen molar-refractivity contribution in [2.75, 3.05) is 36.1 Å². The summed E-state index contributed by atoms with van der Waals surface area (Å²) in [5, 5.41) is 6.77. The lowest BCUT2D eigenvalue weighted by molar-refractivity contribution is -0.609. The molecule has 1 aliphatic rings. The van der Waals surface area contributed by atoms with E-state index >= 15 is 0 Å². The maximum absolute atomic E-state index is 6.89. The Balaban J connectivity index is 1.19. The van der Waals surface area contributed by atoms with E-state index in [0.29, 0.717) is 6.01 Å². The second-order valence-corrected chi connectivity index (χ2v) is 17.1. The van der Waals surface area contributed by atoms with Crippen molar-refractivity contribution in [3.8, 4) is 11.1 Å². The molecule has 9 nitrogen and oxygen atoms in total. The Bertz CT molecular complexity index is 1620. The summed E-state index contributed by atoms with van der Waals surface area (Å²) in [7, 11) is -0.127. The van der Waals surface area contributed by atoms with Crippen LogP contribution in [0.4, 0.5) is 6.01 Å². The number of fused-ring (bicyclic) bond motifs is 1. The predicted octanol–water partition coefficient (Wildman–Crippen LogP) is 5.18. The Kier molecular flexibility index (Phi) is 6.99. The van der Waals surface area contributed by atoms with Gasteiger partial charge in [0.25, 0.3) is 6.01 Å². The number of hydrogen-bond donors (Lipinski definition) is 0. The van der Waals surface area contributed by atoms with Crippen molar-refractivity contribution in [2.24, 2.45) is 7.05 Å². The normalized spacial score (nSPS) is 15.6. The molecule has 0 saturated carbocycles. The third-order valence-electron chi connectivity index (χ3n) is 8.50. The zero-order chi connectivity index (χ0) is 28.8. The molecule has 0 bridgehead atoms. The average molecular weight is 571 g/mol. The first kappa shape index (κ1) is 27.3. The van der Waals surface area contributed by atoms with Gasteiger partial charge in [-0.1, -0.05) is 55.9 Å².